The number of carbonyl (C=O) groups excluding carboxylic acids is 3. The molecule has 0 unspecified atom stereocenters. The number of nitrogens with zero attached hydrogens (tertiary/aromatic N) is 1. The van der Waals surface area contributed by atoms with Crippen LogP contribution >= 0.6 is 0 Å². The second-order valence-electron chi connectivity index (χ2n) is 36.5. The average Bonchev–Trinajstić information content (AvgIpc) is 1.39. The Hall–Kier alpha value is -4.55. The molecule has 498 valence electrons. The number of fused-ring (bicyclic) bond motifs is 7. The van der Waals surface area contributed by atoms with Gasteiger partial charge in [-0.3, -0.25) is 14.9 Å². The van der Waals surface area contributed by atoms with Crippen LogP contribution in [0.3, 0.4) is 0 Å². The molecular formula is C81H98N2O11. The van der Waals surface area contributed by atoms with Gasteiger partial charge in [-0.05, 0) is 228 Å². The minimum absolute atomic E-state index is 0.00105. The highest BCUT2D eigenvalue weighted by atomic mass is 16.7. The Labute approximate surface area is 554 Å². The number of ketones is 1. The lowest BCUT2D eigenvalue weighted by Gasteiger charge is -2.75. The van der Waals surface area contributed by atoms with E-state index in [1.54, 1.807) is 0 Å². The van der Waals surface area contributed by atoms with Gasteiger partial charge < -0.3 is 43.6 Å². The SMILES string of the molecule is CC(C)C[C@H]1C=C2C[C@H]3C[C@@H]4C=C[C@]56C(=O)OC[C@]78[C@H](C(=O)[C@@H](O)[C@@]9%10[C@@H]%11C[C@@H](Cc%12ccccc%12)CC[C@@H]%11C#C[C@@H]%11CCc%12coc(C[C@@H]([C@@H]%13CC[C@H]%14[C@H](C=CN%15CNC[C@H]%14%15)C%13)[C@H](O)CO)c%12[C@@]%11%12OC(=O)[C@H]%11O[C@@]%119[C@@]%12(C)C[C@@H](C[C@@]35[C@@]43CCC4(CCCC4)C3)[C@H]7%10)[C@@]1(C)O[C@]286. The molecule has 94 heavy (non-hydrogen) atoms. The standard InChI is InChI=1S/C81H98N2O11/c1-44(2)28-54-33-56-34-55-32-53-20-24-76-70(89)91-42-75-65-51(37-77(55,76)74(53)26-25-73(41-74)22-8-9-23-73)36-71(3)79-52(18-15-50-40-90-62(63(50)79)35-58(61(85)39-84)48-16-19-57-49(31-48)21-27-83-43-82-38-60(57)83)17-14-47-13-12-46(29-45-10-6-5-7-11-45)30-59(47)78(65,81(71)68(92-81)69(88)93-79)67(87)64(86)66(75)72(54,4)94-80(56,75)76/h5-7,10-11,20-21,24,27,33,40,44,46-49,51-55,57-61,65-68,82,84-85,87H,8-9,12-13,15-16,18-19,22-23,25-26,28-32,34-39,41-43H2,1-4H3/t46-,47-,48-,49-,51+,52-,53+,54+,55-,57+,58+,59-,60-,61-,65-,66-,67-,68-,71+,72+,74-,75-,76+,77+,78+,79+,80-,81-/m1/s1. The van der Waals surface area contributed by atoms with Gasteiger partial charge in [0.2, 0.25) is 0 Å². The molecule has 28 atom stereocenters. The molecule has 10 bridgehead atoms. The molecule has 1 aromatic heterocycles. The van der Waals surface area contributed by atoms with Gasteiger partial charge in [-0.15, -0.1) is 0 Å². The van der Waals surface area contributed by atoms with E-state index in [-0.39, 0.29) is 89.1 Å². The van der Waals surface area contributed by atoms with Gasteiger partial charge in [0, 0.05) is 52.7 Å². The summed E-state index contributed by atoms with van der Waals surface area (Å²) < 4.78 is 39.1. The van der Waals surface area contributed by atoms with Crippen LogP contribution in [-0.4, -0.2) is 106 Å². The van der Waals surface area contributed by atoms with E-state index in [1.807, 2.05) is 6.26 Å². The lowest BCUT2D eigenvalue weighted by atomic mass is 9.27. The number of rotatable bonds is 9. The van der Waals surface area contributed by atoms with Crippen molar-refractivity contribution in [2.75, 3.05) is 26.4 Å². The van der Waals surface area contributed by atoms with Crippen molar-refractivity contribution in [2.24, 2.45) is 127 Å². The Bertz CT molecular complexity index is 3820. The Morgan fingerprint density at radius 2 is 1.79 bits per heavy atom. The van der Waals surface area contributed by atoms with Crippen molar-refractivity contribution in [1.29, 1.82) is 0 Å². The molecule has 4 N–H and O–H groups in total. The number of furan rings is 1. The number of hydrogen-bond acceptors (Lipinski definition) is 13. The molecule has 5 saturated heterocycles. The Morgan fingerprint density at radius 1 is 0.936 bits per heavy atom. The van der Waals surface area contributed by atoms with Crippen LogP contribution in [0.5, 0.6) is 0 Å². The zero-order valence-electron chi connectivity index (χ0n) is 55.8. The molecule has 13 heteroatoms. The number of aliphatic hydroxyl groups excluding tert-OH is 3. The summed E-state index contributed by atoms with van der Waals surface area (Å²) >= 11 is 0. The first-order chi connectivity index (χ1) is 45.4. The van der Waals surface area contributed by atoms with Crippen molar-refractivity contribution in [2.45, 2.75) is 216 Å². The lowest BCUT2D eigenvalue weighted by Crippen LogP contribution is -2.85. The molecule has 2 aromatic rings. The number of Topliss-reactive ketones (excluding diaryl/α,β-unsaturated/α-hetero) is 1. The summed E-state index contributed by atoms with van der Waals surface area (Å²) in [6.45, 7) is 10.6. The number of aliphatic hydroxyl groups is 3. The summed E-state index contributed by atoms with van der Waals surface area (Å²) in [6, 6.07) is 11.3. The smallest absolute Gasteiger partial charge is 0.339 e. The van der Waals surface area contributed by atoms with Gasteiger partial charge in [0.25, 0.3) is 0 Å². The molecule has 0 amide bonds. The molecule has 13 nitrogen and oxygen atoms in total. The van der Waals surface area contributed by atoms with E-state index < -0.39 is 97.4 Å². The van der Waals surface area contributed by atoms with Crippen molar-refractivity contribution in [3.8, 4) is 11.8 Å². The topological polar surface area (TPSA) is 181 Å². The molecule has 7 aliphatic heterocycles. The number of aryl methyl sites for hydroxylation is 1. The highest BCUT2D eigenvalue weighted by Gasteiger charge is 3.03. The highest BCUT2D eigenvalue weighted by molar-refractivity contribution is 5.96. The van der Waals surface area contributed by atoms with E-state index in [1.165, 1.54) is 36.8 Å². The first-order valence-electron chi connectivity index (χ1n) is 37.9. The zero-order valence-corrected chi connectivity index (χ0v) is 55.8. The van der Waals surface area contributed by atoms with Crippen LogP contribution in [0.1, 0.15) is 172 Å². The number of epoxide rings is 1. The molecule has 9 spiro atoms. The van der Waals surface area contributed by atoms with E-state index in [0.717, 1.165) is 108 Å². The second-order valence-corrected chi connectivity index (χ2v) is 36.5. The molecule has 21 rings (SSSR count). The molecule has 12 aliphatic carbocycles. The van der Waals surface area contributed by atoms with Gasteiger partial charge in [0.1, 0.15) is 35.1 Å². The summed E-state index contributed by atoms with van der Waals surface area (Å²) in [5.41, 5.74) is -6.81. The number of cyclic esters (lactones) is 1. The van der Waals surface area contributed by atoms with Crippen LogP contribution in [0.4, 0.5) is 0 Å². The summed E-state index contributed by atoms with van der Waals surface area (Å²) in [6.07, 6.45) is 30.0. The number of carbonyl (C=O) groups is 3. The fourth-order valence-corrected chi connectivity index (χ4v) is 31.4. The maximum atomic E-state index is 18.0. The number of esters is 2. The number of nitrogens with one attached hydrogen (secondary N) is 1. The fraction of sp³-hybridized carbons (Fsp3) is 0.741. The fourth-order valence-electron chi connectivity index (χ4n) is 31.4. The summed E-state index contributed by atoms with van der Waals surface area (Å²) in [5, 5.41) is 42.5. The first kappa shape index (κ1) is 58.4. The zero-order chi connectivity index (χ0) is 63.5. The number of hydrogen-bond donors (Lipinski definition) is 4. The summed E-state index contributed by atoms with van der Waals surface area (Å²) in [5.74, 6) is 6.51. The Morgan fingerprint density at radius 3 is 2.62 bits per heavy atom. The highest BCUT2D eigenvalue weighted by Crippen LogP contribution is 2.96. The quantitative estimate of drug-likeness (QED) is 0.0807. The van der Waals surface area contributed by atoms with Crippen LogP contribution in [-0.2, 0) is 58.2 Å². The molecule has 14 fully saturated rings. The molecule has 9 saturated carbocycles. The minimum atomic E-state index is -1.59. The van der Waals surface area contributed by atoms with Crippen LogP contribution in [0.2, 0.25) is 0 Å². The molecule has 0 radical (unpaired) electrons. The van der Waals surface area contributed by atoms with Gasteiger partial charge in [0.05, 0.1) is 48.5 Å². The monoisotopic (exact) mass is 1270 g/mol. The molecule has 8 heterocycles. The molecular weight excluding hydrogens is 1180 g/mol. The van der Waals surface area contributed by atoms with Gasteiger partial charge in [-0.25, -0.2) is 4.79 Å². The average molecular weight is 1280 g/mol. The van der Waals surface area contributed by atoms with Gasteiger partial charge in [-0.2, -0.15) is 0 Å². The van der Waals surface area contributed by atoms with Crippen molar-refractivity contribution < 1.29 is 53.1 Å². The van der Waals surface area contributed by atoms with Crippen LogP contribution < -0.4 is 5.32 Å². The minimum Gasteiger partial charge on any atom is -0.469 e. The van der Waals surface area contributed by atoms with E-state index >= 15 is 19.5 Å². The Balaban J connectivity index is 0.829. The predicted octanol–water partition coefficient (Wildman–Crippen LogP) is 10.9. The predicted molar refractivity (Wildman–Crippen MR) is 346 cm³/mol. The van der Waals surface area contributed by atoms with Gasteiger partial charge in [0.15, 0.2) is 17.5 Å². The van der Waals surface area contributed by atoms with Crippen molar-refractivity contribution >= 4 is 17.7 Å². The van der Waals surface area contributed by atoms with Crippen LogP contribution in [0.15, 0.2) is 77.1 Å². The summed E-state index contributed by atoms with van der Waals surface area (Å²) in [7, 11) is 0. The van der Waals surface area contributed by atoms with E-state index in [2.05, 4.69) is 111 Å². The Kier molecular flexibility index (Phi) is 11.6. The number of benzene rings is 1. The van der Waals surface area contributed by atoms with Crippen LogP contribution in [0.25, 0.3) is 0 Å². The third-order valence-corrected chi connectivity index (χ3v) is 33.7. The third kappa shape index (κ3) is 6.13. The third-order valence-electron chi connectivity index (χ3n) is 33.7. The largest absolute Gasteiger partial charge is 0.469 e. The molecule has 1 aromatic carbocycles. The normalized spacial score (nSPS) is 53.1. The number of allylic oxidation sites excluding steroid dienone is 2. The van der Waals surface area contributed by atoms with E-state index in [0.29, 0.717) is 55.7 Å². The number of ether oxygens (including phenoxy) is 4. The van der Waals surface area contributed by atoms with Crippen molar-refractivity contribution in [3.05, 3.63) is 95.1 Å². The molecule has 19 aliphatic rings. The maximum Gasteiger partial charge on any atom is 0.339 e. The maximum absolute atomic E-state index is 18.0. The second kappa shape index (κ2) is 18.6. The summed E-state index contributed by atoms with van der Waals surface area (Å²) in [4.78, 5) is 54.2. The van der Waals surface area contributed by atoms with Crippen molar-refractivity contribution in [3.63, 3.8) is 0 Å². The van der Waals surface area contributed by atoms with Gasteiger partial charge in [-0.1, -0.05) is 100 Å². The first-order valence-corrected chi connectivity index (χ1v) is 37.9. The van der Waals surface area contributed by atoms with Crippen LogP contribution in [0, 0.1) is 139 Å². The van der Waals surface area contributed by atoms with Crippen molar-refractivity contribution in [1.82, 2.24) is 10.2 Å². The van der Waals surface area contributed by atoms with E-state index in [9.17, 15) is 10.2 Å². The van der Waals surface area contributed by atoms with E-state index in [4.69, 9.17) is 23.4 Å². The lowest BCUT2D eigenvalue weighted by molar-refractivity contribution is -0.325. The van der Waals surface area contributed by atoms with Gasteiger partial charge >= 0.3 is 11.9 Å².